The molecule has 3 rings (SSSR count). The van der Waals surface area contributed by atoms with Crippen LogP contribution in [0, 0.1) is 5.82 Å². The second-order valence-corrected chi connectivity index (χ2v) is 5.92. The number of rotatable bonds is 5. The third-order valence-corrected chi connectivity index (χ3v) is 3.63. The van der Waals surface area contributed by atoms with E-state index < -0.39 is 0 Å². The van der Waals surface area contributed by atoms with E-state index in [4.69, 9.17) is 4.74 Å². The van der Waals surface area contributed by atoms with E-state index in [1.165, 1.54) is 30.5 Å². The van der Waals surface area contributed by atoms with Crippen LogP contribution in [0.15, 0.2) is 46.9 Å². The maximum Gasteiger partial charge on any atom is 0.131 e. The highest BCUT2D eigenvalue weighted by atomic mass is 79.9. The van der Waals surface area contributed by atoms with Gasteiger partial charge in [-0.05, 0) is 42.7 Å². The highest BCUT2D eigenvalue weighted by Gasteiger charge is 2.19. The van der Waals surface area contributed by atoms with E-state index in [0.29, 0.717) is 22.0 Å². The van der Waals surface area contributed by atoms with Crippen molar-refractivity contribution in [3.05, 3.63) is 58.3 Å². The Kier molecular flexibility index (Phi) is 4.03. The number of ether oxygens (including phenoxy) is 1. The van der Waals surface area contributed by atoms with Crippen LogP contribution in [0.1, 0.15) is 18.4 Å². The minimum Gasteiger partial charge on any atom is -0.457 e. The summed E-state index contributed by atoms with van der Waals surface area (Å²) in [6.45, 7) is 0.885. The molecule has 4 heteroatoms. The first-order valence-corrected chi connectivity index (χ1v) is 7.44. The normalized spacial score (nSPS) is 14.3. The van der Waals surface area contributed by atoms with E-state index in [2.05, 4.69) is 21.2 Å². The summed E-state index contributed by atoms with van der Waals surface area (Å²) >= 11 is 3.25. The number of hydrogen-bond acceptors (Lipinski definition) is 2. The smallest absolute Gasteiger partial charge is 0.131 e. The van der Waals surface area contributed by atoms with E-state index in [0.717, 1.165) is 6.54 Å². The van der Waals surface area contributed by atoms with Crippen LogP contribution in [0.3, 0.4) is 0 Å². The number of hydrogen-bond donors (Lipinski definition) is 1. The molecule has 0 amide bonds. The summed E-state index contributed by atoms with van der Waals surface area (Å²) in [6.07, 6.45) is 2.57. The van der Waals surface area contributed by atoms with Gasteiger partial charge in [-0.1, -0.05) is 28.1 Å². The van der Waals surface area contributed by atoms with Gasteiger partial charge < -0.3 is 10.1 Å². The molecular weight excluding hydrogens is 321 g/mol. The molecular formula is C16H15BrFNO. The zero-order valence-electron chi connectivity index (χ0n) is 10.9. The van der Waals surface area contributed by atoms with Crippen molar-refractivity contribution in [3.8, 4) is 11.5 Å². The second-order valence-electron chi connectivity index (χ2n) is 5.01. The van der Waals surface area contributed by atoms with Crippen molar-refractivity contribution in [1.82, 2.24) is 5.32 Å². The van der Waals surface area contributed by atoms with Gasteiger partial charge >= 0.3 is 0 Å². The van der Waals surface area contributed by atoms with Gasteiger partial charge in [-0.15, -0.1) is 0 Å². The molecule has 0 heterocycles. The van der Waals surface area contributed by atoms with Gasteiger partial charge in [0.15, 0.2) is 0 Å². The quantitative estimate of drug-likeness (QED) is 0.859. The number of halogens is 2. The first kappa shape index (κ1) is 13.6. The van der Waals surface area contributed by atoms with Gasteiger partial charge in [0.2, 0.25) is 0 Å². The van der Waals surface area contributed by atoms with Gasteiger partial charge in [0.25, 0.3) is 0 Å². The summed E-state index contributed by atoms with van der Waals surface area (Å²) in [6, 6.07) is 13.1. The Morgan fingerprint density at radius 1 is 1.10 bits per heavy atom. The molecule has 0 atom stereocenters. The maximum atomic E-state index is 13.3. The zero-order chi connectivity index (χ0) is 13.9. The summed E-state index contributed by atoms with van der Waals surface area (Å²) < 4.78 is 19.6. The minimum absolute atomic E-state index is 0.320. The van der Waals surface area contributed by atoms with Crippen molar-refractivity contribution < 1.29 is 9.13 Å². The van der Waals surface area contributed by atoms with Crippen molar-refractivity contribution in [1.29, 1.82) is 0 Å². The van der Waals surface area contributed by atoms with Crippen LogP contribution in [-0.4, -0.2) is 6.04 Å². The minimum atomic E-state index is -0.320. The highest BCUT2D eigenvalue weighted by molar-refractivity contribution is 9.10. The van der Waals surface area contributed by atoms with E-state index in [1.807, 2.05) is 24.3 Å². The molecule has 1 fully saturated rings. The van der Waals surface area contributed by atoms with Crippen molar-refractivity contribution >= 4 is 15.9 Å². The van der Waals surface area contributed by atoms with Crippen molar-refractivity contribution in [3.63, 3.8) is 0 Å². The van der Waals surface area contributed by atoms with Gasteiger partial charge in [-0.2, -0.15) is 0 Å². The average Bonchev–Trinajstić information content (AvgIpc) is 3.21. The van der Waals surface area contributed by atoms with Crippen LogP contribution in [0.25, 0.3) is 0 Å². The lowest BCUT2D eigenvalue weighted by Crippen LogP contribution is -2.14. The van der Waals surface area contributed by atoms with Gasteiger partial charge in [0, 0.05) is 23.1 Å². The molecule has 1 saturated carbocycles. The van der Waals surface area contributed by atoms with Gasteiger partial charge in [0.05, 0.1) is 0 Å². The second kappa shape index (κ2) is 5.94. The Hall–Kier alpha value is -1.39. The van der Waals surface area contributed by atoms with Crippen LogP contribution in [0.2, 0.25) is 0 Å². The van der Waals surface area contributed by atoms with Gasteiger partial charge in [-0.3, -0.25) is 0 Å². The summed E-state index contributed by atoms with van der Waals surface area (Å²) in [7, 11) is 0. The lowest BCUT2D eigenvalue weighted by atomic mass is 10.2. The predicted octanol–water partition coefficient (Wildman–Crippen LogP) is 4.63. The summed E-state index contributed by atoms with van der Waals surface area (Å²) in [4.78, 5) is 0. The highest BCUT2D eigenvalue weighted by Crippen LogP contribution is 2.26. The molecule has 2 aromatic carbocycles. The molecule has 0 saturated heterocycles. The summed E-state index contributed by atoms with van der Waals surface area (Å²) in [5.74, 6) is 0.873. The van der Waals surface area contributed by atoms with Gasteiger partial charge in [0.1, 0.15) is 17.3 Å². The predicted molar refractivity (Wildman–Crippen MR) is 80.5 cm³/mol. The third-order valence-electron chi connectivity index (χ3n) is 3.17. The molecule has 0 aliphatic heterocycles. The molecule has 0 bridgehead atoms. The Morgan fingerprint density at radius 2 is 1.85 bits per heavy atom. The van der Waals surface area contributed by atoms with E-state index in [-0.39, 0.29) is 5.82 Å². The molecule has 0 aromatic heterocycles. The monoisotopic (exact) mass is 335 g/mol. The summed E-state index contributed by atoms with van der Waals surface area (Å²) in [5.41, 5.74) is 1.23. The molecule has 1 aliphatic carbocycles. The van der Waals surface area contributed by atoms with Crippen LogP contribution in [-0.2, 0) is 6.54 Å². The molecule has 104 valence electrons. The molecule has 2 nitrogen and oxygen atoms in total. The fourth-order valence-electron chi connectivity index (χ4n) is 1.95. The lowest BCUT2D eigenvalue weighted by Gasteiger charge is -2.08. The SMILES string of the molecule is Fc1cc(Br)cc(Oc2ccc(CNC3CC3)cc2)c1. The molecule has 0 spiro atoms. The topological polar surface area (TPSA) is 21.3 Å². The number of nitrogens with one attached hydrogen (secondary N) is 1. The Bertz CT molecular complexity index is 576. The molecule has 1 aliphatic rings. The zero-order valence-corrected chi connectivity index (χ0v) is 12.5. The first-order chi connectivity index (χ1) is 9.69. The first-order valence-electron chi connectivity index (χ1n) is 6.65. The van der Waals surface area contributed by atoms with E-state index in [1.54, 1.807) is 6.07 Å². The van der Waals surface area contributed by atoms with Crippen molar-refractivity contribution in [2.45, 2.75) is 25.4 Å². The molecule has 20 heavy (non-hydrogen) atoms. The molecule has 1 N–H and O–H groups in total. The Labute approximate surface area is 126 Å². The molecule has 0 radical (unpaired) electrons. The standard InChI is InChI=1S/C16H15BrFNO/c17-12-7-13(18)9-16(8-12)20-15-5-1-11(2-6-15)10-19-14-3-4-14/h1-2,5-9,14,19H,3-4,10H2. The average molecular weight is 336 g/mol. The largest absolute Gasteiger partial charge is 0.457 e. The van der Waals surface area contributed by atoms with Crippen molar-refractivity contribution in [2.75, 3.05) is 0 Å². The van der Waals surface area contributed by atoms with E-state index in [9.17, 15) is 4.39 Å². The van der Waals surface area contributed by atoms with E-state index >= 15 is 0 Å². The molecule has 2 aromatic rings. The van der Waals surface area contributed by atoms with Crippen LogP contribution in [0.4, 0.5) is 4.39 Å². The van der Waals surface area contributed by atoms with Crippen LogP contribution in [0.5, 0.6) is 11.5 Å². The fourth-order valence-corrected chi connectivity index (χ4v) is 2.39. The lowest BCUT2D eigenvalue weighted by molar-refractivity contribution is 0.476. The fraction of sp³-hybridized carbons (Fsp3) is 0.250. The van der Waals surface area contributed by atoms with Crippen molar-refractivity contribution in [2.24, 2.45) is 0 Å². The third kappa shape index (κ3) is 3.81. The molecule has 0 unspecified atom stereocenters. The number of benzene rings is 2. The Balaban J connectivity index is 1.64. The van der Waals surface area contributed by atoms with Crippen LogP contribution >= 0.6 is 15.9 Å². The summed E-state index contributed by atoms with van der Waals surface area (Å²) in [5, 5.41) is 3.46. The maximum absolute atomic E-state index is 13.3. The van der Waals surface area contributed by atoms with Crippen LogP contribution < -0.4 is 10.1 Å². The van der Waals surface area contributed by atoms with Gasteiger partial charge in [-0.25, -0.2) is 4.39 Å². The Morgan fingerprint density at radius 3 is 2.50 bits per heavy atom.